The van der Waals surface area contributed by atoms with E-state index in [1.165, 1.54) is 17.7 Å². The molecular formula is C18H24BiN5. The number of azide groups is 1. The van der Waals surface area contributed by atoms with Crippen LogP contribution in [0.1, 0.15) is 11.1 Å². The van der Waals surface area contributed by atoms with Crippen molar-refractivity contribution < 1.29 is 0 Å². The second-order valence-electron chi connectivity index (χ2n) is 6.22. The van der Waals surface area contributed by atoms with Gasteiger partial charge in [-0.3, -0.25) is 0 Å². The summed E-state index contributed by atoms with van der Waals surface area (Å²) in [4.78, 5) is 7.53. The van der Waals surface area contributed by atoms with E-state index < -0.39 is 22.0 Å². The molecule has 2 aromatic carbocycles. The molecule has 0 atom stereocenters. The number of rotatable bonds is 7. The van der Waals surface area contributed by atoms with E-state index in [1.54, 1.807) is 0 Å². The average molecular weight is 519 g/mol. The molecule has 0 heterocycles. The molecule has 0 saturated carbocycles. The Hall–Kier alpha value is -1.45. The Morgan fingerprint density at radius 3 is 1.62 bits per heavy atom. The summed E-state index contributed by atoms with van der Waals surface area (Å²) in [5.74, 6) is 0. The molecule has 0 unspecified atom stereocenters. The van der Waals surface area contributed by atoms with Gasteiger partial charge in [0.1, 0.15) is 0 Å². The minimum absolute atomic E-state index is 0.860. The van der Waals surface area contributed by atoms with Crippen molar-refractivity contribution in [1.82, 2.24) is 9.80 Å². The van der Waals surface area contributed by atoms with Gasteiger partial charge in [-0.1, -0.05) is 0 Å². The van der Waals surface area contributed by atoms with Gasteiger partial charge in [0.2, 0.25) is 0 Å². The quantitative estimate of drug-likeness (QED) is 0.244. The van der Waals surface area contributed by atoms with Crippen molar-refractivity contribution in [3.63, 3.8) is 0 Å². The van der Waals surface area contributed by atoms with E-state index in [2.05, 4.69) is 94.5 Å². The first-order chi connectivity index (χ1) is 11.5. The summed E-state index contributed by atoms with van der Waals surface area (Å²) in [7, 11) is 8.25. The minimum atomic E-state index is -2.77. The first kappa shape index (κ1) is 18.9. The maximum absolute atomic E-state index is 9.19. The Labute approximate surface area is 152 Å². The van der Waals surface area contributed by atoms with Crippen molar-refractivity contribution in [2.75, 3.05) is 28.2 Å². The standard InChI is InChI=1S/2C9H12N.Bi.N3/c2*1-10(2)8-9-6-4-3-5-7-9;;1-3-2/h2*3-6H,8H2,1-2H3;;/q;;+1;-1. The maximum atomic E-state index is 9.19. The molecule has 0 aromatic heterocycles. The van der Waals surface area contributed by atoms with Gasteiger partial charge in [-0.15, -0.1) is 0 Å². The molecule has 0 bridgehead atoms. The average Bonchev–Trinajstić information content (AvgIpc) is 2.53. The fourth-order valence-electron chi connectivity index (χ4n) is 2.65. The number of hydrogen-bond acceptors (Lipinski definition) is 3. The van der Waals surface area contributed by atoms with E-state index >= 15 is 0 Å². The SMILES string of the molecule is CN(C)Cc1cccc[c]1[Bi]([N]=[N+]=[N-])[c]1ccccc1CN(C)C. The zero-order chi connectivity index (χ0) is 17.5. The molecule has 2 rings (SSSR count). The van der Waals surface area contributed by atoms with Crippen LogP contribution in [-0.4, -0.2) is 60.0 Å². The van der Waals surface area contributed by atoms with Crippen molar-refractivity contribution in [3.8, 4) is 0 Å². The molecule has 0 aliphatic rings. The molecular weight excluding hydrogens is 495 g/mol. The first-order valence-electron chi connectivity index (χ1n) is 7.83. The van der Waals surface area contributed by atoms with Gasteiger partial charge >= 0.3 is 153 Å². The van der Waals surface area contributed by atoms with Crippen LogP contribution in [0.4, 0.5) is 0 Å². The van der Waals surface area contributed by atoms with Crippen molar-refractivity contribution >= 4 is 28.6 Å². The van der Waals surface area contributed by atoms with Crippen LogP contribution in [0.2, 0.25) is 0 Å². The molecule has 0 spiro atoms. The molecule has 6 heteroatoms. The van der Waals surface area contributed by atoms with Crippen LogP contribution >= 0.6 is 0 Å². The molecule has 126 valence electrons. The summed E-state index contributed by atoms with van der Waals surface area (Å²) in [5.41, 5.74) is 11.7. The number of benzene rings is 2. The van der Waals surface area contributed by atoms with Crippen molar-refractivity contribution in [1.29, 1.82) is 0 Å². The van der Waals surface area contributed by atoms with Crippen LogP contribution in [0.3, 0.4) is 0 Å². The fraction of sp³-hybridized carbons (Fsp3) is 0.333. The van der Waals surface area contributed by atoms with Crippen LogP contribution in [-0.2, 0) is 13.1 Å². The van der Waals surface area contributed by atoms with Gasteiger partial charge in [0, 0.05) is 0 Å². The summed E-state index contributed by atoms with van der Waals surface area (Å²) in [6.45, 7) is 1.72. The van der Waals surface area contributed by atoms with Gasteiger partial charge < -0.3 is 0 Å². The molecule has 0 N–H and O–H groups in total. The third-order valence-electron chi connectivity index (χ3n) is 3.54. The van der Waals surface area contributed by atoms with Crippen LogP contribution in [0, 0.1) is 0 Å². The normalized spacial score (nSPS) is 11.1. The Morgan fingerprint density at radius 2 is 1.25 bits per heavy atom. The molecule has 0 aliphatic carbocycles. The second-order valence-corrected chi connectivity index (χ2v) is 13.1. The van der Waals surface area contributed by atoms with Crippen molar-refractivity contribution in [2.45, 2.75) is 13.1 Å². The van der Waals surface area contributed by atoms with E-state index in [0.29, 0.717) is 0 Å². The van der Waals surface area contributed by atoms with Crippen LogP contribution in [0.15, 0.2) is 51.6 Å². The third kappa shape index (κ3) is 5.02. The molecule has 5 nitrogen and oxygen atoms in total. The van der Waals surface area contributed by atoms with E-state index in [9.17, 15) is 5.53 Å². The summed E-state index contributed by atoms with van der Waals surface area (Å²) < 4.78 is 6.89. The van der Waals surface area contributed by atoms with Crippen molar-refractivity contribution in [2.24, 2.45) is 3.06 Å². The van der Waals surface area contributed by atoms with Gasteiger partial charge in [-0.25, -0.2) is 0 Å². The zero-order valence-corrected chi connectivity index (χ0v) is 18.2. The fourth-order valence-corrected chi connectivity index (χ4v) is 9.73. The Balaban J connectivity index is 2.54. The van der Waals surface area contributed by atoms with Crippen LogP contribution in [0.25, 0.3) is 10.4 Å². The molecule has 0 saturated heterocycles. The number of nitrogens with zero attached hydrogens (tertiary/aromatic N) is 5. The first-order valence-corrected chi connectivity index (χ1v) is 12.9. The van der Waals surface area contributed by atoms with Gasteiger partial charge in [0.15, 0.2) is 0 Å². The molecule has 0 radical (unpaired) electrons. The van der Waals surface area contributed by atoms with Gasteiger partial charge in [0.25, 0.3) is 0 Å². The van der Waals surface area contributed by atoms with Gasteiger partial charge in [-0.05, 0) is 0 Å². The molecule has 24 heavy (non-hydrogen) atoms. The van der Waals surface area contributed by atoms with E-state index in [1.807, 2.05) is 0 Å². The van der Waals surface area contributed by atoms with E-state index in [4.69, 9.17) is 0 Å². The molecule has 0 aliphatic heterocycles. The second kappa shape index (κ2) is 9.14. The monoisotopic (exact) mass is 519 g/mol. The van der Waals surface area contributed by atoms with Crippen LogP contribution < -0.4 is 6.54 Å². The third-order valence-corrected chi connectivity index (χ3v) is 11.5. The van der Waals surface area contributed by atoms with Gasteiger partial charge in [0.05, 0.1) is 0 Å². The number of hydrogen-bond donors (Lipinski definition) is 0. The summed E-state index contributed by atoms with van der Waals surface area (Å²) >= 11 is -2.77. The summed E-state index contributed by atoms with van der Waals surface area (Å²) in [5, 5.41) is 0. The Morgan fingerprint density at radius 1 is 0.833 bits per heavy atom. The van der Waals surface area contributed by atoms with Gasteiger partial charge in [-0.2, -0.15) is 0 Å². The summed E-state index contributed by atoms with van der Waals surface area (Å²) in [6.07, 6.45) is 0. The topological polar surface area (TPSA) is 55.2 Å². The molecule has 2 aromatic rings. The Bertz CT molecular complexity index is 669. The summed E-state index contributed by atoms with van der Waals surface area (Å²) in [6, 6.07) is 16.8. The van der Waals surface area contributed by atoms with E-state index in [0.717, 1.165) is 13.1 Å². The predicted octanol–water partition coefficient (Wildman–Crippen LogP) is 2.23. The van der Waals surface area contributed by atoms with Crippen LogP contribution in [0.5, 0.6) is 0 Å². The predicted molar refractivity (Wildman–Crippen MR) is 102 cm³/mol. The van der Waals surface area contributed by atoms with Crippen molar-refractivity contribution in [3.05, 3.63) is 70.1 Å². The Kier molecular flexibility index (Phi) is 7.20. The van der Waals surface area contributed by atoms with E-state index in [-0.39, 0.29) is 0 Å². The molecule has 0 amide bonds. The molecule has 0 fully saturated rings. The zero-order valence-electron chi connectivity index (χ0n) is 14.7.